The van der Waals surface area contributed by atoms with E-state index in [1.807, 2.05) is 73.3 Å². The molecule has 2 heterocycles. The van der Waals surface area contributed by atoms with E-state index in [0.29, 0.717) is 13.1 Å². The minimum Gasteiger partial charge on any atom is -0.337 e. The zero-order chi connectivity index (χ0) is 25.4. The van der Waals surface area contributed by atoms with Gasteiger partial charge in [-0.25, -0.2) is 14.8 Å². The Labute approximate surface area is 211 Å². The van der Waals surface area contributed by atoms with Gasteiger partial charge in [0, 0.05) is 20.1 Å². The molecule has 0 saturated carbocycles. The molecule has 2 aliphatic heterocycles. The second-order valence-corrected chi connectivity index (χ2v) is 9.37. The molecule has 8 heteroatoms. The zero-order valence-electron chi connectivity index (χ0n) is 20.8. The van der Waals surface area contributed by atoms with E-state index in [1.54, 1.807) is 22.0 Å². The van der Waals surface area contributed by atoms with Crippen molar-refractivity contribution in [2.75, 3.05) is 20.1 Å². The van der Waals surface area contributed by atoms with E-state index in [2.05, 4.69) is 23.5 Å². The van der Waals surface area contributed by atoms with Crippen LogP contribution in [0.15, 0.2) is 72.8 Å². The highest BCUT2D eigenvalue weighted by Crippen LogP contribution is 2.38. The predicted molar refractivity (Wildman–Crippen MR) is 137 cm³/mol. The first kappa shape index (κ1) is 23.8. The van der Waals surface area contributed by atoms with E-state index in [4.69, 9.17) is 0 Å². The van der Waals surface area contributed by atoms with E-state index in [9.17, 15) is 14.4 Å². The lowest BCUT2D eigenvalue weighted by molar-refractivity contribution is -0.197. The first-order chi connectivity index (χ1) is 17.4. The molecule has 36 heavy (non-hydrogen) atoms. The van der Waals surface area contributed by atoms with Gasteiger partial charge in [-0.2, -0.15) is 0 Å². The van der Waals surface area contributed by atoms with E-state index in [1.165, 1.54) is 0 Å². The average Bonchev–Trinajstić information content (AvgIpc) is 2.88. The molecule has 1 unspecified atom stereocenters. The predicted octanol–water partition coefficient (Wildman–Crippen LogP) is 3.36. The number of nitrogens with zero attached hydrogens (tertiary/aromatic N) is 4. The summed E-state index contributed by atoms with van der Waals surface area (Å²) in [6.07, 6.45) is -0.652. The highest BCUT2D eigenvalue weighted by Gasteiger charge is 2.54. The maximum atomic E-state index is 14.2. The Morgan fingerprint density at radius 1 is 0.972 bits per heavy atom. The summed E-state index contributed by atoms with van der Waals surface area (Å²) < 4.78 is 0. The van der Waals surface area contributed by atoms with Crippen LogP contribution in [0.1, 0.15) is 31.0 Å². The number of carbonyl (C=O) groups excluding carboxylic acids is 3. The lowest BCUT2D eigenvalue weighted by Gasteiger charge is -2.57. The van der Waals surface area contributed by atoms with Crippen LogP contribution in [-0.2, 0) is 16.1 Å². The largest absolute Gasteiger partial charge is 0.337 e. The molecule has 4 amide bonds. The number of hydrogen-bond donors (Lipinski definition) is 1. The number of nitrogens with one attached hydrogen (secondary N) is 1. The highest BCUT2D eigenvalue weighted by molar-refractivity contribution is 5.93. The van der Waals surface area contributed by atoms with Crippen LogP contribution in [0.4, 0.5) is 4.79 Å². The summed E-state index contributed by atoms with van der Waals surface area (Å²) in [4.78, 5) is 44.2. The Bertz CT molecular complexity index is 1290. The van der Waals surface area contributed by atoms with Gasteiger partial charge in [-0.1, -0.05) is 72.8 Å². The number of hydrogen-bond acceptors (Lipinski definition) is 4. The van der Waals surface area contributed by atoms with Crippen LogP contribution in [0.2, 0.25) is 0 Å². The molecule has 5 rings (SSSR count). The van der Waals surface area contributed by atoms with Crippen molar-refractivity contribution < 1.29 is 14.4 Å². The van der Waals surface area contributed by atoms with Crippen molar-refractivity contribution in [2.45, 2.75) is 38.6 Å². The van der Waals surface area contributed by atoms with Crippen molar-refractivity contribution in [3.05, 3.63) is 83.9 Å². The summed E-state index contributed by atoms with van der Waals surface area (Å²) in [5.74, 6) is -0.325. The molecule has 186 valence electrons. The Kier molecular flexibility index (Phi) is 6.36. The molecule has 2 saturated heterocycles. The van der Waals surface area contributed by atoms with Crippen LogP contribution < -0.4 is 5.32 Å². The fourth-order valence-corrected chi connectivity index (χ4v) is 5.47. The Morgan fingerprint density at radius 3 is 2.42 bits per heavy atom. The number of piperazine rings is 1. The van der Waals surface area contributed by atoms with Gasteiger partial charge in [0.2, 0.25) is 5.91 Å². The van der Waals surface area contributed by atoms with Crippen LogP contribution >= 0.6 is 0 Å². The fourth-order valence-electron chi connectivity index (χ4n) is 5.47. The van der Waals surface area contributed by atoms with Gasteiger partial charge in [0.15, 0.2) is 0 Å². The van der Waals surface area contributed by atoms with Crippen LogP contribution in [0.25, 0.3) is 10.8 Å². The molecule has 0 aromatic heterocycles. The van der Waals surface area contributed by atoms with Crippen LogP contribution in [0, 0.1) is 0 Å². The Balaban J connectivity index is 1.62. The third-order valence-electron chi connectivity index (χ3n) is 7.15. The monoisotopic (exact) mass is 485 g/mol. The standard InChI is InChI=1S/C28H31N5O3/c1-4-29-28(36)33-26-19(2)31(17-22-15-10-14-20-11-8-9-16-23(20)22)27(35)25(21-12-6-5-7-13-21)32(26)24(34)18-30(33)3/h5-16,19,25-26H,4,17-18H2,1-3H3,(H,29,36)/t19-,25-,26?/m0/s1. The maximum absolute atomic E-state index is 14.2. The van der Waals surface area contributed by atoms with Crippen molar-refractivity contribution in [1.82, 2.24) is 25.1 Å². The smallest absolute Gasteiger partial charge is 0.333 e. The van der Waals surface area contributed by atoms with E-state index < -0.39 is 18.2 Å². The molecule has 0 aliphatic carbocycles. The van der Waals surface area contributed by atoms with Crippen molar-refractivity contribution in [3.63, 3.8) is 0 Å². The highest BCUT2D eigenvalue weighted by atomic mass is 16.2. The van der Waals surface area contributed by atoms with Gasteiger partial charge in [0.05, 0.1) is 12.6 Å². The summed E-state index contributed by atoms with van der Waals surface area (Å²) in [5.41, 5.74) is 1.75. The van der Waals surface area contributed by atoms with Gasteiger partial charge < -0.3 is 15.1 Å². The molecule has 3 atom stereocenters. The van der Waals surface area contributed by atoms with Gasteiger partial charge >= 0.3 is 6.03 Å². The van der Waals surface area contributed by atoms with Crippen molar-refractivity contribution in [3.8, 4) is 0 Å². The minimum absolute atomic E-state index is 0.0142. The average molecular weight is 486 g/mol. The number of urea groups is 1. The Morgan fingerprint density at radius 2 is 1.67 bits per heavy atom. The van der Waals surface area contributed by atoms with Gasteiger partial charge in [0.25, 0.3) is 5.91 Å². The first-order valence-corrected chi connectivity index (χ1v) is 12.3. The quantitative estimate of drug-likeness (QED) is 0.615. The van der Waals surface area contributed by atoms with Gasteiger partial charge in [-0.05, 0) is 35.7 Å². The fraction of sp³-hybridized carbons (Fsp3) is 0.321. The first-order valence-electron chi connectivity index (χ1n) is 12.3. The van der Waals surface area contributed by atoms with Crippen molar-refractivity contribution in [1.29, 1.82) is 0 Å². The number of amides is 4. The van der Waals surface area contributed by atoms with Crippen molar-refractivity contribution >= 4 is 28.6 Å². The van der Waals surface area contributed by atoms with Gasteiger partial charge in [0.1, 0.15) is 12.2 Å². The molecular formula is C28H31N5O3. The summed E-state index contributed by atoms with van der Waals surface area (Å²) in [6.45, 7) is 4.62. The molecule has 3 aromatic carbocycles. The summed E-state index contributed by atoms with van der Waals surface area (Å²) >= 11 is 0. The van der Waals surface area contributed by atoms with Crippen LogP contribution in [-0.4, -0.2) is 70.0 Å². The van der Waals surface area contributed by atoms with Crippen molar-refractivity contribution in [2.24, 2.45) is 0 Å². The van der Waals surface area contributed by atoms with Crippen LogP contribution in [0.5, 0.6) is 0 Å². The molecule has 3 aromatic rings. The third kappa shape index (κ3) is 3.97. The van der Waals surface area contributed by atoms with E-state index in [0.717, 1.165) is 21.9 Å². The van der Waals surface area contributed by atoms with E-state index >= 15 is 0 Å². The summed E-state index contributed by atoms with van der Waals surface area (Å²) in [6, 6.07) is 22.0. The molecule has 0 bridgehead atoms. The summed E-state index contributed by atoms with van der Waals surface area (Å²) in [5, 5.41) is 8.30. The number of likely N-dealkylation sites (N-methyl/N-ethyl adjacent to an activating group) is 1. The SMILES string of the molecule is CCNC(=O)N1C2[C@H](C)N(Cc3cccc4ccccc34)C(=O)[C@H](c3ccccc3)N2C(=O)CN1C. The van der Waals surface area contributed by atoms with Crippen LogP contribution in [0.3, 0.4) is 0 Å². The number of fused-ring (bicyclic) bond motifs is 2. The zero-order valence-corrected chi connectivity index (χ0v) is 20.8. The molecule has 8 nitrogen and oxygen atoms in total. The number of benzene rings is 3. The molecule has 0 spiro atoms. The van der Waals surface area contributed by atoms with Gasteiger partial charge in [-0.15, -0.1) is 0 Å². The lowest BCUT2D eigenvalue weighted by Crippen LogP contribution is -2.76. The topological polar surface area (TPSA) is 76.2 Å². The number of rotatable bonds is 4. The normalized spacial score (nSPS) is 22.6. The minimum atomic E-state index is -0.819. The Hall–Kier alpha value is -3.91. The number of carbonyl (C=O) groups is 3. The molecular weight excluding hydrogens is 454 g/mol. The van der Waals surface area contributed by atoms with Gasteiger partial charge in [-0.3, -0.25) is 9.59 Å². The molecule has 2 aliphatic rings. The molecule has 2 fully saturated rings. The van der Waals surface area contributed by atoms with E-state index in [-0.39, 0.29) is 24.4 Å². The maximum Gasteiger partial charge on any atom is 0.333 e. The lowest BCUT2D eigenvalue weighted by atomic mass is 9.94. The second-order valence-electron chi connectivity index (χ2n) is 9.37. The molecule has 0 radical (unpaired) electrons. The second kappa shape index (κ2) is 9.62. The number of hydrazine groups is 1. The third-order valence-corrected chi connectivity index (χ3v) is 7.15. The molecule has 1 N–H and O–H groups in total. The summed E-state index contributed by atoms with van der Waals surface area (Å²) in [7, 11) is 1.74.